The zero-order valence-corrected chi connectivity index (χ0v) is 12.7. The van der Waals surface area contributed by atoms with Crippen molar-refractivity contribution in [2.75, 3.05) is 13.7 Å². The molecule has 0 spiro atoms. The van der Waals surface area contributed by atoms with E-state index in [4.69, 9.17) is 0 Å². The number of carbonyl (C=O) groups is 2. The summed E-state index contributed by atoms with van der Waals surface area (Å²) in [5, 5.41) is 0. The highest BCUT2D eigenvalue weighted by Crippen LogP contribution is 2.33. The average molecular weight is 301 g/mol. The van der Waals surface area contributed by atoms with Crippen LogP contribution in [0.5, 0.6) is 0 Å². The Labute approximate surface area is 128 Å². The Kier molecular flexibility index (Phi) is 3.83. The highest BCUT2D eigenvalue weighted by Gasteiger charge is 2.34. The number of ether oxygens (including phenoxy) is 1. The standard InChI is InChI=1S/C16H19N3O3/c1-11-3-5-13(19(9-11)15(20)16(21)22-2)12-4-6-14-17-7-8-18(14)10-12/h4,6-8,10-11,13H,3,5,9H2,1-2H3. The molecule has 3 heterocycles. The Morgan fingerprint density at radius 2 is 2.14 bits per heavy atom. The van der Waals surface area contributed by atoms with Crippen molar-refractivity contribution in [3.63, 3.8) is 0 Å². The number of pyridine rings is 1. The van der Waals surface area contributed by atoms with Crippen molar-refractivity contribution in [3.8, 4) is 0 Å². The minimum atomic E-state index is -0.803. The molecule has 1 amide bonds. The number of hydrogen-bond acceptors (Lipinski definition) is 4. The predicted octanol–water partition coefficient (Wildman–Crippen LogP) is 1.81. The molecule has 22 heavy (non-hydrogen) atoms. The van der Waals surface area contributed by atoms with E-state index < -0.39 is 11.9 Å². The Morgan fingerprint density at radius 1 is 1.32 bits per heavy atom. The molecular weight excluding hydrogens is 282 g/mol. The third-order valence-corrected chi connectivity index (χ3v) is 4.23. The minimum absolute atomic E-state index is 0.102. The van der Waals surface area contributed by atoms with Gasteiger partial charge >= 0.3 is 11.9 Å². The number of carbonyl (C=O) groups excluding carboxylic acids is 2. The second-order valence-corrected chi connectivity index (χ2v) is 5.80. The van der Waals surface area contributed by atoms with E-state index in [1.54, 1.807) is 11.1 Å². The van der Waals surface area contributed by atoms with Crippen molar-refractivity contribution in [2.24, 2.45) is 5.92 Å². The van der Waals surface area contributed by atoms with Gasteiger partial charge in [0.2, 0.25) is 0 Å². The summed E-state index contributed by atoms with van der Waals surface area (Å²) in [4.78, 5) is 29.8. The average Bonchev–Trinajstić information content (AvgIpc) is 3.00. The molecule has 116 valence electrons. The first kappa shape index (κ1) is 14.6. The molecule has 6 heteroatoms. The lowest BCUT2D eigenvalue weighted by Gasteiger charge is -2.38. The van der Waals surface area contributed by atoms with Gasteiger partial charge in [-0.3, -0.25) is 4.79 Å². The molecule has 1 saturated heterocycles. The molecule has 0 N–H and O–H groups in total. The van der Waals surface area contributed by atoms with Crippen LogP contribution in [0.4, 0.5) is 0 Å². The number of aromatic nitrogens is 2. The lowest BCUT2D eigenvalue weighted by molar-refractivity contribution is -0.160. The molecule has 2 aromatic heterocycles. The molecule has 2 unspecified atom stereocenters. The van der Waals surface area contributed by atoms with Crippen molar-refractivity contribution < 1.29 is 14.3 Å². The second kappa shape index (κ2) is 5.79. The van der Waals surface area contributed by atoms with Crippen molar-refractivity contribution in [1.82, 2.24) is 14.3 Å². The summed E-state index contributed by atoms with van der Waals surface area (Å²) in [7, 11) is 1.24. The molecule has 0 saturated carbocycles. The van der Waals surface area contributed by atoms with Crippen LogP contribution < -0.4 is 0 Å². The fourth-order valence-electron chi connectivity index (χ4n) is 3.06. The number of rotatable bonds is 1. The maximum Gasteiger partial charge on any atom is 0.396 e. The van der Waals surface area contributed by atoms with Crippen LogP contribution in [0.1, 0.15) is 31.4 Å². The number of fused-ring (bicyclic) bond motifs is 1. The number of amides is 1. The van der Waals surface area contributed by atoms with E-state index in [9.17, 15) is 9.59 Å². The van der Waals surface area contributed by atoms with E-state index in [0.717, 1.165) is 24.1 Å². The lowest BCUT2D eigenvalue weighted by Crippen LogP contribution is -2.45. The van der Waals surface area contributed by atoms with E-state index in [-0.39, 0.29) is 6.04 Å². The van der Waals surface area contributed by atoms with Gasteiger partial charge in [0.05, 0.1) is 13.2 Å². The van der Waals surface area contributed by atoms with Crippen LogP contribution in [0.2, 0.25) is 0 Å². The second-order valence-electron chi connectivity index (χ2n) is 5.80. The van der Waals surface area contributed by atoms with Crippen LogP contribution in [0.15, 0.2) is 30.7 Å². The van der Waals surface area contributed by atoms with Gasteiger partial charge in [-0.1, -0.05) is 13.0 Å². The molecule has 2 aromatic rings. The number of likely N-dealkylation sites (tertiary alicyclic amines) is 1. The van der Waals surface area contributed by atoms with E-state index in [1.165, 1.54) is 7.11 Å². The van der Waals surface area contributed by atoms with E-state index >= 15 is 0 Å². The van der Waals surface area contributed by atoms with Gasteiger partial charge in [0.25, 0.3) is 0 Å². The van der Waals surface area contributed by atoms with Crippen LogP contribution in [-0.2, 0) is 14.3 Å². The van der Waals surface area contributed by atoms with Crippen LogP contribution in [0.25, 0.3) is 5.65 Å². The smallest absolute Gasteiger partial charge is 0.396 e. The molecule has 0 bridgehead atoms. The molecule has 0 aliphatic carbocycles. The van der Waals surface area contributed by atoms with Gasteiger partial charge in [-0.2, -0.15) is 0 Å². The molecule has 0 aromatic carbocycles. The summed E-state index contributed by atoms with van der Waals surface area (Å²) in [6.07, 6.45) is 7.44. The van der Waals surface area contributed by atoms with Crippen molar-refractivity contribution in [1.29, 1.82) is 0 Å². The minimum Gasteiger partial charge on any atom is -0.462 e. The maximum atomic E-state index is 12.3. The SMILES string of the molecule is COC(=O)C(=O)N1CC(C)CCC1c1ccc2nccn2c1. The number of imidazole rings is 1. The molecule has 1 aliphatic heterocycles. The topological polar surface area (TPSA) is 63.9 Å². The van der Waals surface area contributed by atoms with Crippen LogP contribution in [0, 0.1) is 5.92 Å². The zero-order valence-electron chi connectivity index (χ0n) is 12.7. The van der Waals surface area contributed by atoms with Gasteiger partial charge < -0.3 is 14.0 Å². The fraction of sp³-hybridized carbons (Fsp3) is 0.438. The van der Waals surface area contributed by atoms with Gasteiger partial charge in [0, 0.05) is 25.1 Å². The third kappa shape index (κ3) is 2.56. The summed E-state index contributed by atoms with van der Waals surface area (Å²) in [5.41, 5.74) is 1.87. The highest BCUT2D eigenvalue weighted by molar-refractivity contribution is 6.32. The van der Waals surface area contributed by atoms with Crippen LogP contribution >= 0.6 is 0 Å². The number of nitrogens with zero attached hydrogens (tertiary/aromatic N) is 3. The lowest BCUT2D eigenvalue weighted by atomic mass is 9.90. The van der Waals surface area contributed by atoms with E-state index in [2.05, 4.69) is 16.6 Å². The molecule has 1 fully saturated rings. The molecule has 2 atom stereocenters. The van der Waals surface area contributed by atoms with Crippen molar-refractivity contribution in [2.45, 2.75) is 25.8 Å². The Hall–Kier alpha value is -2.37. The first-order chi connectivity index (χ1) is 10.6. The quantitative estimate of drug-likeness (QED) is 0.595. The number of hydrogen-bond donors (Lipinski definition) is 0. The Morgan fingerprint density at radius 3 is 2.91 bits per heavy atom. The van der Waals surface area contributed by atoms with Gasteiger partial charge in [-0.05, 0) is 30.4 Å². The van der Waals surface area contributed by atoms with Gasteiger partial charge in [0.1, 0.15) is 5.65 Å². The molecule has 6 nitrogen and oxygen atoms in total. The number of esters is 1. The molecule has 3 rings (SSSR count). The fourth-order valence-corrected chi connectivity index (χ4v) is 3.06. The summed E-state index contributed by atoms with van der Waals surface area (Å²) < 4.78 is 6.52. The largest absolute Gasteiger partial charge is 0.462 e. The van der Waals surface area contributed by atoms with Crippen LogP contribution in [-0.4, -0.2) is 39.8 Å². The number of piperidine rings is 1. The van der Waals surface area contributed by atoms with E-state index in [1.807, 2.05) is 28.9 Å². The zero-order chi connectivity index (χ0) is 15.7. The number of methoxy groups -OCH3 is 1. The van der Waals surface area contributed by atoms with Gasteiger partial charge in [-0.25, -0.2) is 9.78 Å². The highest BCUT2D eigenvalue weighted by atomic mass is 16.5. The van der Waals surface area contributed by atoms with Crippen molar-refractivity contribution in [3.05, 3.63) is 36.3 Å². The predicted molar refractivity (Wildman–Crippen MR) is 80.1 cm³/mol. The summed E-state index contributed by atoms with van der Waals surface area (Å²) in [5.74, 6) is -0.991. The normalized spacial score (nSPS) is 21.8. The Balaban J connectivity index is 1.94. The summed E-state index contributed by atoms with van der Waals surface area (Å²) in [6.45, 7) is 2.66. The van der Waals surface area contributed by atoms with Crippen molar-refractivity contribution >= 4 is 17.5 Å². The summed E-state index contributed by atoms with van der Waals surface area (Å²) in [6, 6.07) is 3.80. The summed E-state index contributed by atoms with van der Waals surface area (Å²) >= 11 is 0. The Bertz CT molecular complexity index is 709. The van der Waals surface area contributed by atoms with Crippen LogP contribution in [0.3, 0.4) is 0 Å². The molecule has 1 aliphatic rings. The third-order valence-electron chi connectivity index (χ3n) is 4.23. The first-order valence-electron chi connectivity index (χ1n) is 7.41. The van der Waals surface area contributed by atoms with E-state index in [0.29, 0.717) is 12.5 Å². The van der Waals surface area contributed by atoms with Gasteiger partial charge in [-0.15, -0.1) is 0 Å². The maximum absolute atomic E-state index is 12.3. The first-order valence-corrected chi connectivity index (χ1v) is 7.41. The monoisotopic (exact) mass is 301 g/mol. The van der Waals surface area contributed by atoms with Gasteiger partial charge in [0.15, 0.2) is 0 Å². The molecular formula is C16H19N3O3. The molecule has 0 radical (unpaired) electrons.